The lowest BCUT2D eigenvalue weighted by atomic mass is 10.1. The van der Waals surface area contributed by atoms with Crippen LogP contribution in [0.15, 0.2) is 45.7 Å². The highest BCUT2D eigenvalue weighted by Gasteiger charge is 2.19. The molecule has 1 amide bonds. The van der Waals surface area contributed by atoms with Crippen LogP contribution in [0.1, 0.15) is 34.8 Å². The van der Waals surface area contributed by atoms with Crippen LogP contribution in [0, 0.1) is 6.92 Å². The predicted octanol–water partition coefficient (Wildman–Crippen LogP) is 2.35. The molecule has 3 rings (SSSR count). The van der Waals surface area contributed by atoms with Crippen LogP contribution in [-0.2, 0) is 6.54 Å². The van der Waals surface area contributed by atoms with Crippen molar-refractivity contribution in [1.29, 1.82) is 0 Å². The molecule has 2 aromatic heterocycles. The fraction of sp³-hybridized carbons (Fsp3) is 0.350. The average molecular weight is 368 g/mol. The first-order chi connectivity index (χ1) is 12.9. The number of hydrogen-bond acceptors (Lipinski definition) is 5. The molecule has 0 saturated heterocycles. The van der Waals surface area contributed by atoms with Gasteiger partial charge in [-0.25, -0.2) is 4.98 Å². The van der Waals surface area contributed by atoms with Crippen molar-refractivity contribution in [2.45, 2.75) is 26.4 Å². The van der Waals surface area contributed by atoms with Crippen molar-refractivity contribution in [2.75, 3.05) is 20.6 Å². The lowest BCUT2D eigenvalue weighted by Crippen LogP contribution is -2.36. The molecule has 0 bridgehead atoms. The third-order valence-electron chi connectivity index (χ3n) is 4.40. The topological polar surface area (TPSA) is 80.4 Å². The molecule has 0 aliphatic heterocycles. The van der Waals surface area contributed by atoms with Crippen LogP contribution >= 0.6 is 0 Å². The number of aromatic nitrogens is 2. The van der Waals surface area contributed by atoms with Crippen LogP contribution in [0.25, 0.3) is 11.1 Å². The van der Waals surface area contributed by atoms with Crippen molar-refractivity contribution in [3.05, 3.63) is 63.9 Å². The molecule has 0 fully saturated rings. The summed E-state index contributed by atoms with van der Waals surface area (Å²) in [5, 5.41) is 2.75. The Labute approximate surface area is 157 Å². The maximum atomic E-state index is 12.9. The van der Waals surface area contributed by atoms with Gasteiger partial charge in [0.25, 0.3) is 11.5 Å². The zero-order chi connectivity index (χ0) is 19.6. The molecular formula is C20H24N4O3. The maximum absolute atomic E-state index is 12.9. The molecule has 1 atom stereocenters. The van der Waals surface area contributed by atoms with E-state index in [0.717, 1.165) is 5.52 Å². The molecule has 1 aromatic carbocycles. The van der Waals surface area contributed by atoms with Gasteiger partial charge in [-0.05, 0) is 51.7 Å². The molecule has 1 unspecified atom stereocenters. The number of para-hydroxylation sites is 2. The smallest absolute Gasteiger partial charge is 0.263 e. The molecule has 0 spiro atoms. The van der Waals surface area contributed by atoms with Gasteiger partial charge in [-0.1, -0.05) is 12.1 Å². The third kappa shape index (κ3) is 4.09. The molecule has 0 saturated carbocycles. The summed E-state index contributed by atoms with van der Waals surface area (Å²) in [6.45, 7) is 4.54. The number of fused-ring (bicyclic) bond motifs is 1. The molecule has 7 nitrogen and oxygen atoms in total. The summed E-state index contributed by atoms with van der Waals surface area (Å²) in [5.74, 6) is -0.0226. The number of carbonyl (C=O) groups excluding carboxylic acids is 1. The summed E-state index contributed by atoms with van der Waals surface area (Å²) in [5.41, 5.74) is 1.90. The van der Waals surface area contributed by atoms with Gasteiger partial charge in [-0.2, -0.15) is 0 Å². The second-order valence-corrected chi connectivity index (χ2v) is 6.96. The van der Waals surface area contributed by atoms with Gasteiger partial charge < -0.3 is 19.2 Å². The molecular weight excluding hydrogens is 344 g/mol. The molecule has 0 aliphatic carbocycles. The van der Waals surface area contributed by atoms with E-state index in [-0.39, 0.29) is 23.7 Å². The Balaban J connectivity index is 1.80. The summed E-state index contributed by atoms with van der Waals surface area (Å²) in [4.78, 5) is 31.9. The molecule has 0 radical (unpaired) electrons. The highest BCUT2D eigenvalue weighted by molar-refractivity contribution is 5.95. The molecule has 0 aliphatic rings. The first kappa shape index (κ1) is 18.8. The maximum Gasteiger partial charge on any atom is 0.263 e. The number of benzene rings is 1. The van der Waals surface area contributed by atoms with E-state index in [4.69, 9.17) is 4.42 Å². The van der Waals surface area contributed by atoms with E-state index >= 15 is 0 Å². The normalized spacial score (nSPS) is 12.5. The highest BCUT2D eigenvalue weighted by atomic mass is 16.3. The van der Waals surface area contributed by atoms with Gasteiger partial charge in [0.05, 0.1) is 6.54 Å². The number of carbonyl (C=O) groups is 1. The van der Waals surface area contributed by atoms with Crippen molar-refractivity contribution in [1.82, 2.24) is 19.8 Å². The van der Waals surface area contributed by atoms with Gasteiger partial charge in [0.15, 0.2) is 5.58 Å². The van der Waals surface area contributed by atoms with Gasteiger partial charge in [0, 0.05) is 18.8 Å². The number of aryl methyl sites for hydroxylation is 1. The van der Waals surface area contributed by atoms with E-state index in [9.17, 15) is 9.59 Å². The Bertz CT molecular complexity index is 986. The summed E-state index contributed by atoms with van der Waals surface area (Å²) < 4.78 is 7.20. The Hall–Kier alpha value is -2.93. The van der Waals surface area contributed by atoms with Gasteiger partial charge >= 0.3 is 0 Å². The summed E-state index contributed by atoms with van der Waals surface area (Å²) in [6, 6.07) is 9.15. The van der Waals surface area contributed by atoms with Crippen molar-refractivity contribution >= 4 is 17.0 Å². The molecule has 3 aromatic rings. The lowest BCUT2D eigenvalue weighted by Gasteiger charge is -2.20. The lowest BCUT2D eigenvalue weighted by molar-refractivity contribution is 0.0944. The Morgan fingerprint density at radius 1 is 1.30 bits per heavy atom. The third-order valence-corrected chi connectivity index (χ3v) is 4.40. The van der Waals surface area contributed by atoms with Crippen LogP contribution in [-0.4, -0.2) is 41.0 Å². The SMILES string of the molecule is Cc1ccn(C(C)CN(C)C)c(=O)c1C(=O)NCc1nc2ccccc2o1. The number of nitrogens with zero attached hydrogens (tertiary/aromatic N) is 3. The largest absolute Gasteiger partial charge is 0.439 e. The van der Waals surface area contributed by atoms with Crippen LogP contribution in [0.3, 0.4) is 0 Å². The Kier molecular flexibility index (Phi) is 5.41. The number of likely N-dealkylation sites (N-methyl/N-ethyl adjacent to an activating group) is 1. The number of oxazole rings is 1. The van der Waals surface area contributed by atoms with Crippen molar-refractivity contribution in [3.8, 4) is 0 Å². The zero-order valence-corrected chi connectivity index (χ0v) is 16.0. The molecule has 27 heavy (non-hydrogen) atoms. The van der Waals surface area contributed by atoms with E-state index in [0.29, 0.717) is 23.6 Å². The first-order valence-corrected chi connectivity index (χ1v) is 8.86. The van der Waals surface area contributed by atoms with Gasteiger partial charge in [-0.15, -0.1) is 0 Å². The number of rotatable bonds is 6. The fourth-order valence-corrected chi connectivity index (χ4v) is 3.12. The molecule has 1 N–H and O–H groups in total. The van der Waals surface area contributed by atoms with Crippen LogP contribution in [0.4, 0.5) is 0 Å². The van der Waals surface area contributed by atoms with E-state index < -0.39 is 5.91 Å². The minimum absolute atomic E-state index is 0.0447. The summed E-state index contributed by atoms with van der Waals surface area (Å²) >= 11 is 0. The second-order valence-electron chi connectivity index (χ2n) is 6.96. The van der Waals surface area contributed by atoms with Crippen LogP contribution < -0.4 is 10.9 Å². The van der Waals surface area contributed by atoms with Gasteiger partial charge in [0.2, 0.25) is 5.89 Å². The number of hydrogen-bond donors (Lipinski definition) is 1. The summed E-state index contributed by atoms with van der Waals surface area (Å²) in [7, 11) is 3.90. The highest BCUT2D eigenvalue weighted by Crippen LogP contribution is 2.14. The predicted molar refractivity (Wildman–Crippen MR) is 104 cm³/mol. The average Bonchev–Trinajstić information content (AvgIpc) is 3.02. The molecule has 7 heteroatoms. The van der Waals surface area contributed by atoms with E-state index in [1.54, 1.807) is 23.8 Å². The van der Waals surface area contributed by atoms with Gasteiger partial charge in [0.1, 0.15) is 11.1 Å². The quantitative estimate of drug-likeness (QED) is 0.722. The van der Waals surface area contributed by atoms with Crippen LogP contribution in [0.2, 0.25) is 0 Å². The second kappa shape index (κ2) is 7.75. The van der Waals surface area contributed by atoms with E-state index in [1.165, 1.54) is 0 Å². The minimum atomic E-state index is -0.425. The van der Waals surface area contributed by atoms with E-state index in [1.807, 2.05) is 50.2 Å². The van der Waals surface area contributed by atoms with Crippen molar-refractivity contribution in [2.24, 2.45) is 0 Å². The first-order valence-electron chi connectivity index (χ1n) is 8.86. The van der Waals surface area contributed by atoms with Gasteiger partial charge in [-0.3, -0.25) is 9.59 Å². The molecule has 2 heterocycles. The van der Waals surface area contributed by atoms with Crippen molar-refractivity contribution in [3.63, 3.8) is 0 Å². The van der Waals surface area contributed by atoms with E-state index in [2.05, 4.69) is 10.3 Å². The minimum Gasteiger partial charge on any atom is -0.439 e. The molecule has 142 valence electrons. The Morgan fingerprint density at radius 2 is 2.04 bits per heavy atom. The number of pyridine rings is 1. The number of nitrogens with one attached hydrogen (secondary N) is 1. The summed E-state index contributed by atoms with van der Waals surface area (Å²) in [6.07, 6.45) is 1.74. The fourth-order valence-electron chi connectivity index (χ4n) is 3.12. The monoisotopic (exact) mass is 368 g/mol. The number of amides is 1. The Morgan fingerprint density at radius 3 is 2.74 bits per heavy atom. The zero-order valence-electron chi connectivity index (χ0n) is 16.0. The van der Waals surface area contributed by atoms with Crippen molar-refractivity contribution < 1.29 is 9.21 Å². The van der Waals surface area contributed by atoms with Crippen LogP contribution in [0.5, 0.6) is 0 Å². The standard InChI is InChI=1S/C20H24N4O3/c1-13-9-10-24(14(2)12-23(3)4)20(26)18(13)19(25)21-11-17-22-15-7-5-6-8-16(15)27-17/h5-10,14H,11-12H2,1-4H3,(H,21,25).